The van der Waals surface area contributed by atoms with E-state index in [-0.39, 0.29) is 17.9 Å². The highest BCUT2D eigenvalue weighted by Gasteiger charge is 2.38. The summed E-state index contributed by atoms with van der Waals surface area (Å²) in [5, 5.41) is 9.19. The van der Waals surface area contributed by atoms with E-state index in [9.17, 15) is 4.79 Å². The third-order valence-electron chi connectivity index (χ3n) is 4.98. The lowest BCUT2D eigenvalue weighted by Crippen LogP contribution is -2.29. The number of ether oxygens (including phenoxy) is 1. The Labute approximate surface area is 145 Å². The number of nitrogens with zero attached hydrogens (tertiary/aromatic N) is 5. The van der Waals surface area contributed by atoms with Crippen molar-refractivity contribution in [1.82, 2.24) is 24.5 Å². The average molecular weight is 339 g/mol. The fourth-order valence-electron chi connectivity index (χ4n) is 3.68. The number of fused-ring (bicyclic) bond motifs is 1. The summed E-state index contributed by atoms with van der Waals surface area (Å²) in [4.78, 5) is 15.0. The second-order valence-corrected chi connectivity index (χ2v) is 6.58. The van der Waals surface area contributed by atoms with Gasteiger partial charge >= 0.3 is 0 Å². The van der Waals surface area contributed by atoms with E-state index < -0.39 is 0 Å². The summed E-state index contributed by atoms with van der Waals surface area (Å²) in [7, 11) is 5.48. The van der Waals surface area contributed by atoms with Gasteiger partial charge in [-0.15, -0.1) is 5.10 Å². The van der Waals surface area contributed by atoms with Crippen LogP contribution in [0.5, 0.6) is 0 Å². The molecule has 0 saturated carbocycles. The topological polar surface area (TPSA) is 65.2 Å². The lowest BCUT2D eigenvalue weighted by molar-refractivity contribution is 0.0715. The van der Waals surface area contributed by atoms with E-state index in [0.29, 0.717) is 13.1 Å². The van der Waals surface area contributed by atoms with Crippen molar-refractivity contribution in [2.75, 3.05) is 20.2 Å². The van der Waals surface area contributed by atoms with Crippen molar-refractivity contribution in [2.24, 2.45) is 14.1 Å². The van der Waals surface area contributed by atoms with Gasteiger partial charge in [0.1, 0.15) is 0 Å². The van der Waals surface area contributed by atoms with Gasteiger partial charge in [0.25, 0.3) is 5.91 Å². The molecule has 0 radical (unpaired) electrons. The number of hydrogen-bond donors (Lipinski definition) is 0. The van der Waals surface area contributed by atoms with E-state index in [0.717, 1.165) is 22.2 Å². The van der Waals surface area contributed by atoms with Gasteiger partial charge in [-0.3, -0.25) is 9.48 Å². The Morgan fingerprint density at radius 3 is 2.72 bits per heavy atom. The number of benzene rings is 1. The second kappa shape index (κ2) is 6.00. The van der Waals surface area contributed by atoms with Crippen LogP contribution in [0.15, 0.2) is 36.7 Å². The third-order valence-corrected chi connectivity index (χ3v) is 4.98. The van der Waals surface area contributed by atoms with Gasteiger partial charge in [-0.2, -0.15) is 0 Å². The minimum absolute atomic E-state index is 0.0326. The summed E-state index contributed by atoms with van der Waals surface area (Å²) in [6, 6.07) is 7.96. The molecule has 3 aromatic rings. The fraction of sp³-hybridized carbons (Fsp3) is 0.389. The standard InChI is InChI=1S/C18H21N5O2/c1-21-8-13(12-6-4-5-7-16(12)21)18(24)23-9-14(17(11-23)25-3)15-10-22(2)20-19-15/h4-8,10,14,17H,9,11H2,1-3H3/t14-,17+/m0/s1. The van der Waals surface area contributed by atoms with Crippen LogP contribution in [0.4, 0.5) is 0 Å². The molecule has 4 rings (SSSR count). The Hall–Kier alpha value is -2.67. The molecule has 1 amide bonds. The second-order valence-electron chi connectivity index (χ2n) is 6.58. The van der Waals surface area contributed by atoms with Gasteiger partial charge in [0.2, 0.25) is 0 Å². The fourth-order valence-corrected chi connectivity index (χ4v) is 3.68. The number of amides is 1. The Balaban J connectivity index is 1.64. The molecule has 1 aliphatic rings. The number of likely N-dealkylation sites (tertiary alicyclic amines) is 1. The van der Waals surface area contributed by atoms with Crippen LogP contribution in [0.3, 0.4) is 0 Å². The summed E-state index contributed by atoms with van der Waals surface area (Å²) in [6.07, 6.45) is 3.73. The van der Waals surface area contributed by atoms with E-state index in [2.05, 4.69) is 10.3 Å². The number of aromatic nitrogens is 4. The van der Waals surface area contributed by atoms with E-state index in [4.69, 9.17) is 4.74 Å². The molecule has 2 aromatic heterocycles. The van der Waals surface area contributed by atoms with Gasteiger partial charge in [-0.05, 0) is 6.07 Å². The van der Waals surface area contributed by atoms with Crippen LogP contribution < -0.4 is 0 Å². The van der Waals surface area contributed by atoms with Crippen molar-refractivity contribution in [1.29, 1.82) is 0 Å². The number of para-hydroxylation sites is 1. The van der Waals surface area contributed by atoms with Crippen molar-refractivity contribution in [3.63, 3.8) is 0 Å². The van der Waals surface area contributed by atoms with Gasteiger partial charge < -0.3 is 14.2 Å². The van der Waals surface area contributed by atoms with Crippen molar-refractivity contribution < 1.29 is 9.53 Å². The van der Waals surface area contributed by atoms with Crippen LogP contribution in [-0.2, 0) is 18.8 Å². The summed E-state index contributed by atoms with van der Waals surface area (Å²) in [6.45, 7) is 1.14. The zero-order valence-corrected chi connectivity index (χ0v) is 14.6. The van der Waals surface area contributed by atoms with Crippen molar-refractivity contribution in [3.8, 4) is 0 Å². The van der Waals surface area contributed by atoms with Gasteiger partial charge in [0, 0.05) is 57.6 Å². The largest absolute Gasteiger partial charge is 0.379 e. The number of methoxy groups -OCH3 is 1. The average Bonchev–Trinajstić information content (AvgIpc) is 3.31. The first kappa shape index (κ1) is 15.8. The van der Waals surface area contributed by atoms with Crippen LogP contribution in [0, 0.1) is 0 Å². The summed E-state index contributed by atoms with van der Waals surface area (Å²) >= 11 is 0. The number of hydrogen-bond acceptors (Lipinski definition) is 4. The summed E-state index contributed by atoms with van der Waals surface area (Å²) in [5.74, 6) is 0.0721. The Morgan fingerprint density at radius 1 is 1.20 bits per heavy atom. The quantitative estimate of drug-likeness (QED) is 0.726. The van der Waals surface area contributed by atoms with Gasteiger partial charge in [0.05, 0.1) is 23.3 Å². The Morgan fingerprint density at radius 2 is 2.00 bits per heavy atom. The molecule has 130 valence electrons. The first-order valence-electron chi connectivity index (χ1n) is 8.31. The van der Waals surface area contributed by atoms with E-state index in [1.807, 2.05) is 60.2 Å². The van der Waals surface area contributed by atoms with Crippen LogP contribution in [-0.4, -0.2) is 56.7 Å². The molecule has 0 spiro atoms. The van der Waals surface area contributed by atoms with E-state index in [1.165, 1.54) is 0 Å². The van der Waals surface area contributed by atoms with Crippen LogP contribution in [0.2, 0.25) is 0 Å². The number of aryl methyl sites for hydroxylation is 2. The summed E-state index contributed by atoms with van der Waals surface area (Å²) < 4.78 is 9.29. The molecule has 0 unspecified atom stereocenters. The highest BCUT2D eigenvalue weighted by Crippen LogP contribution is 2.30. The molecule has 1 fully saturated rings. The molecule has 0 N–H and O–H groups in total. The summed E-state index contributed by atoms with van der Waals surface area (Å²) in [5.41, 5.74) is 2.65. The molecule has 0 aliphatic carbocycles. The smallest absolute Gasteiger partial charge is 0.256 e. The molecule has 1 aliphatic heterocycles. The monoisotopic (exact) mass is 339 g/mol. The number of carbonyl (C=O) groups excluding carboxylic acids is 1. The van der Waals surface area contributed by atoms with Gasteiger partial charge in [0.15, 0.2) is 0 Å². The number of carbonyl (C=O) groups is 1. The zero-order chi connectivity index (χ0) is 17.6. The third kappa shape index (κ3) is 2.60. The predicted molar refractivity (Wildman–Crippen MR) is 93.4 cm³/mol. The maximum Gasteiger partial charge on any atom is 0.256 e. The Bertz CT molecular complexity index is 929. The SMILES string of the molecule is CO[C@@H]1CN(C(=O)c2cn(C)c3ccccc23)C[C@H]1c1cn(C)nn1. The normalized spacial score (nSPS) is 20.5. The minimum Gasteiger partial charge on any atom is -0.379 e. The molecular formula is C18H21N5O2. The minimum atomic E-state index is -0.0735. The van der Waals surface area contributed by atoms with Crippen LogP contribution >= 0.6 is 0 Å². The maximum atomic E-state index is 13.1. The molecule has 7 nitrogen and oxygen atoms in total. The van der Waals surface area contributed by atoms with E-state index >= 15 is 0 Å². The van der Waals surface area contributed by atoms with E-state index in [1.54, 1.807) is 11.8 Å². The zero-order valence-electron chi connectivity index (χ0n) is 14.6. The molecule has 25 heavy (non-hydrogen) atoms. The van der Waals surface area contributed by atoms with Gasteiger partial charge in [-0.25, -0.2) is 0 Å². The molecule has 1 saturated heterocycles. The molecule has 2 atom stereocenters. The first-order chi connectivity index (χ1) is 12.1. The molecule has 1 aromatic carbocycles. The number of rotatable bonds is 3. The van der Waals surface area contributed by atoms with Gasteiger partial charge in [-0.1, -0.05) is 23.4 Å². The highest BCUT2D eigenvalue weighted by molar-refractivity contribution is 6.07. The molecule has 0 bridgehead atoms. The van der Waals surface area contributed by atoms with Crippen molar-refractivity contribution in [2.45, 2.75) is 12.0 Å². The molecule has 3 heterocycles. The van der Waals surface area contributed by atoms with Crippen LogP contribution in [0.25, 0.3) is 10.9 Å². The highest BCUT2D eigenvalue weighted by atomic mass is 16.5. The van der Waals surface area contributed by atoms with Crippen molar-refractivity contribution in [3.05, 3.63) is 47.9 Å². The lowest BCUT2D eigenvalue weighted by atomic mass is 10.0. The maximum absolute atomic E-state index is 13.1. The molecular weight excluding hydrogens is 318 g/mol. The van der Waals surface area contributed by atoms with Crippen molar-refractivity contribution >= 4 is 16.8 Å². The van der Waals surface area contributed by atoms with Crippen LogP contribution in [0.1, 0.15) is 22.0 Å². The predicted octanol–water partition coefficient (Wildman–Crippen LogP) is 1.56. The first-order valence-corrected chi connectivity index (χ1v) is 8.31. The Kier molecular flexibility index (Phi) is 3.80. The lowest BCUT2D eigenvalue weighted by Gasteiger charge is -2.15. The molecule has 7 heteroatoms.